The number of nitrogens with one attached hydrogen (secondary N) is 1. The average molecular weight is 325 g/mol. The lowest BCUT2D eigenvalue weighted by atomic mass is 10.1. The van der Waals surface area contributed by atoms with Gasteiger partial charge >= 0.3 is 0 Å². The summed E-state index contributed by atoms with van der Waals surface area (Å²) in [7, 11) is 3.10. The highest BCUT2D eigenvalue weighted by molar-refractivity contribution is 5.95. The van der Waals surface area contributed by atoms with Crippen LogP contribution in [0.1, 0.15) is 29.1 Å². The molecule has 0 bridgehead atoms. The van der Waals surface area contributed by atoms with Gasteiger partial charge in [0.15, 0.2) is 11.5 Å². The van der Waals surface area contributed by atoms with Crippen LogP contribution in [0, 0.1) is 0 Å². The van der Waals surface area contributed by atoms with E-state index in [9.17, 15) is 4.79 Å². The average Bonchev–Trinajstić information content (AvgIpc) is 3.05. The first-order chi connectivity index (χ1) is 11.6. The van der Waals surface area contributed by atoms with E-state index in [1.807, 2.05) is 37.3 Å². The predicted molar refractivity (Wildman–Crippen MR) is 91.6 cm³/mol. The van der Waals surface area contributed by atoms with Gasteiger partial charge in [-0.05, 0) is 37.3 Å². The van der Waals surface area contributed by atoms with Crippen molar-refractivity contribution in [2.45, 2.75) is 13.0 Å². The number of furan rings is 1. The van der Waals surface area contributed by atoms with Crippen molar-refractivity contribution in [1.82, 2.24) is 5.32 Å². The summed E-state index contributed by atoms with van der Waals surface area (Å²) in [6.07, 6.45) is 0. The number of benzene rings is 2. The van der Waals surface area contributed by atoms with Gasteiger partial charge in [0.2, 0.25) is 0 Å². The third kappa shape index (κ3) is 3.06. The smallest absolute Gasteiger partial charge is 0.252 e. The highest BCUT2D eigenvalue weighted by Crippen LogP contribution is 2.28. The van der Waals surface area contributed by atoms with E-state index in [0.29, 0.717) is 22.8 Å². The van der Waals surface area contributed by atoms with Crippen LogP contribution in [0.4, 0.5) is 0 Å². The van der Waals surface area contributed by atoms with Gasteiger partial charge in [-0.25, -0.2) is 0 Å². The van der Waals surface area contributed by atoms with Crippen LogP contribution in [-0.4, -0.2) is 20.1 Å². The molecule has 5 heteroatoms. The summed E-state index contributed by atoms with van der Waals surface area (Å²) in [5.41, 5.74) is 1.30. The van der Waals surface area contributed by atoms with Gasteiger partial charge in [0.25, 0.3) is 5.91 Å². The van der Waals surface area contributed by atoms with Crippen LogP contribution in [0.5, 0.6) is 11.5 Å². The third-order valence-electron chi connectivity index (χ3n) is 3.86. The van der Waals surface area contributed by atoms with Gasteiger partial charge in [-0.1, -0.05) is 18.2 Å². The minimum absolute atomic E-state index is 0.205. The number of ether oxygens (including phenoxy) is 2. The van der Waals surface area contributed by atoms with E-state index >= 15 is 0 Å². The molecule has 1 amide bonds. The lowest BCUT2D eigenvalue weighted by Crippen LogP contribution is -2.26. The molecule has 1 aromatic heterocycles. The van der Waals surface area contributed by atoms with Crippen molar-refractivity contribution in [3.8, 4) is 11.5 Å². The van der Waals surface area contributed by atoms with E-state index < -0.39 is 0 Å². The van der Waals surface area contributed by atoms with E-state index in [-0.39, 0.29) is 11.9 Å². The van der Waals surface area contributed by atoms with E-state index in [2.05, 4.69) is 5.32 Å². The lowest BCUT2D eigenvalue weighted by molar-refractivity contribution is 0.0935. The van der Waals surface area contributed by atoms with Crippen molar-refractivity contribution in [3.63, 3.8) is 0 Å². The summed E-state index contributed by atoms with van der Waals surface area (Å²) in [4.78, 5) is 12.5. The van der Waals surface area contributed by atoms with Gasteiger partial charge < -0.3 is 19.2 Å². The summed E-state index contributed by atoms with van der Waals surface area (Å²) >= 11 is 0. The maximum absolute atomic E-state index is 12.5. The van der Waals surface area contributed by atoms with Crippen molar-refractivity contribution >= 4 is 16.9 Å². The van der Waals surface area contributed by atoms with Gasteiger partial charge in [0.1, 0.15) is 11.3 Å². The molecule has 1 heterocycles. The SMILES string of the molecule is COc1ccc(C(=O)NC(C)c2cc3ccccc3o2)cc1OC. The summed E-state index contributed by atoms with van der Waals surface area (Å²) in [5, 5.41) is 3.95. The summed E-state index contributed by atoms with van der Waals surface area (Å²) in [5.74, 6) is 1.61. The molecule has 0 aliphatic carbocycles. The standard InChI is InChI=1S/C19H19NO4/c1-12(17-10-13-6-4-5-7-15(13)24-17)20-19(21)14-8-9-16(22-2)18(11-14)23-3/h4-12H,1-3H3,(H,20,21). The first-order valence-corrected chi connectivity index (χ1v) is 7.63. The maximum atomic E-state index is 12.5. The second-order valence-corrected chi connectivity index (χ2v) is 5.45. The molecule has 0 spiro atoms. The molecule has 2 aromatic carbocycles. The van der Waals surface area contributed by atoms with Gasteiger partial charge in [-0.2, -0.15) is 0 Å². The van der Waals surface area contributed by atoms with Crippen molar-refractivity contribution in [3.05, 3.63) is 59.9 Å². The Morgan fingerprint density at radius 2 is 1.79 bits per heavy atom. The molecule has 3 rings (SSSR count). The number of carbonyl (C=O) groups excluding carboxylic acids is 1. The molecule has 0 saturated carbocycles. The number of para-hydroxylation sites is 1. The van der Waals surface area contributed by atoms with Crippen LogP contribution in [0.25, 0.3) is 11.0 Å². The molecule has 0 fully saturated rings. The maximum Gasteiger partial charge on any atom is 0.252 e. The van der Waals surface area contributed by atoms with E-state index in [1.165, 1.54) is 7.11 Å². The zero-order valence-corrected chi connectivity index (χ0v) is 13.8. The predicted octanol–water partition coefficient (Wildman–Crippen LogP) is 3.94. The quantitative estimate of drug-likeness (QED) is 0.772. The topological polar surface area (TPSA) is 60.7 Å². The van der Waals surface area contributed by atoms with Crippen LogP contribution in [0.3, 0.4) is 0 Å². The number of carbonyl (C=O) groups is 1. The van der Waals surface area contributed by atoms with Crippen LogP contribution >= 0.6 is 0 Å². The van der Waals surface area contributed by atoms with Gasteiger partial charge in [0.05, 0.1) is 20.3 Å². The molecule has 5 nitrogen and oxygen atoms in total. The largest absolute Gasteiger partial charge is 0.493 e. The van der Waals surface area contributed by atoms with Gasteiger partial charge in [-0.15, -0.1) is 0 Å². The minimum atomic E-state index is -0.252. The molecule has 1 unspecified atom stereocenters. The van der Waals surface area contributed by atoms with Gasteiger partial charge in [0, 0.05) is 10.9 Å². The van der Waals surface area contributed by atoms with Crippen molar-refractivity contribution < 1.29 is 18.7 Å². The Kier molecular flexibility index (Phi) is 4.42. The zero-order valence-electron chi connectivity index (χ0n) is 13.8. The van der Waals surface area contributed by atoms with Crippen LogP contribution in [0.15, 0.2) is 52.9 Å². The molecule has 0 aliphatic heterocycles. The van der Waals surface area contributed by atoms with E-state index in [1.54, 1.807) is 25.3 Å². The molecule has 1 atom stereocenters. The molecule has 0 saturated heterocycles. The Balaban J connectivity index is 1.78. The molecule has 1 N–H and O–H groups in total. The first kappa shape index (κ1) is 15.9. The Morgan fingerprint density at radius 3 is 2.50 bits per heavy atom. The van der Waals surface area contributed by atoms with Crippen LogP contribution in [0.2, 0.25) is 0 Å². The molecule has 3 aromatic rings. The minimum Gasteiger partial charge on any atom is -0.493 e. The normalized spacial score (nSPS) is 12.0. The zero-order chi connectivity index (χ0) is 17.1. The van der Waals surface area contributed by atoms with Crippen molar-refractivity contribution in [1.29, 1.82) is 0 Å². The van der Waals surface area contributed by atoms with E-state index in [4.69, 9.17) is 13.9 Å². The Bertz CT molecular complexity index is 836. The fourth-order valence-corrected chi connectivity index (χ4v) is 2.54. The molecular weight excluding hydrogens is 306 g/mol. The first-order valence-electron chi connectivity index (χ1n) is 7.63. The number of methoxy groups -OCH3 is 2. The monoisotopic (exact) mass is 325 g/mol. The summed E-state index contributed by atoms with van der Waals surface area (Å²) in [6.45, 7) is 1.89. The molecule has 0 aliphatic rings. The fourth-order valence-electron chi connectivity index (χ4n) is 2.54. The molecule has 0 radical (unpaired) electrons. The second kappa shape index (κ2) is 6.66. The summed E-state index contributed by atoms with van der Waals surface area (Å²) < 4.78 is 16.2. The summed E-state index contributed by atoms with van der Waals surface area (Å²) in [6, 6.07) is 14.5. The molecular formula is C19H19NO4. The number of hydrogen-bond acceptors (Lipinski definition) is 4. The van der Waals surface area contributed by atoms with Crippen molar-refractivity contribution in [2.75, 3.05) is 14.2 Å². The fraction of sp³-hybridized carbons (Fsp3) is 0.211. The van der Waals surface area contributed by atoms with E-state index in [0.717, 1.165) is 11.0 Å². The Labute approximate surface area is 140 Å². The highest BCUT2D eigenvalue weighted by Gasteiger charge is 2.16. The third-order valence-corrected chi connectivity index (χ3v) is 3.86. The number of amides is 1. The Hall–Kier alpha value is -2.95. The number of hydrogen-bond donors (Lipinski definition) is 1. The Morgan fingerprint density at radius 1 is 1.04 bits per heavy atom. The highest BCUT2D eigenvalue weighted by atomic mass is 16.5. The number of rotatable bonds is 5. The van der Waals surface area contributed by atoms with Gasteiger partial charge in [-0.3, -0.25) is 4.79 Å². The molecule has 24 heavy (non-hydrogen) atoms. The lowest BCUT2D eigenvalue weighted by Gasteiger charge is -2.13. The second-order valence-electron chi connectivity index (χ2n) is 5.45. The molecule has 124 valence electrons. The number of fused-ring (bicyclic) bond motifs is 1. The van der Waals surface area contributed by atoms with Crippen LogP contribution < -0.4 is 14.8 Å². The van der Waals surface area contributed by atoms with Crippen molar-refractivity contribution in [2.24, 2.45) is 0 Å². The van der Waals surface area contributed by atoms with Crippen LogP contribution in [-0.2, 0) is 0 Å².